The highest BCUT2D eigenvalue weighted by Crippen LogP contribution is 2.34. The molecule has 0 aromatic carbocycles. The van der Waals surface area contributed by atoms with Crippen molar-refractivity contribution in [1.82, 2.24) is 0 Å². The first-order chi connectivity index (χ1) is 6.65. The number of hydrogen-bond acceptors (Lipinski definition) is 4. The van der Waals surface area contributed by atoms with Crippen LogP contribution in [0, 0.1) is 13.8 Å². The molecule has 15 heavy (non-hydrogen) atoms. The van der Waals surface area contributed by atoms with Gasteiger partial charge in [-0.3, -0.25) is 0 Å². The molecular formula is C7H7F3O3S2. The van der Waals surface area contributed by atoms with Crippen LogP contribution in [0.3, 0.4) is 0 Å². The van der Waals surface area contributed by atoms with Crippen LogP contribution in [-0.4, -0.2) is 13.9 Å². The Hall–Kier alpha value is -0.760. The van der Waals surface area contributed by atoms with Crippen molar-refractivity contribution in [3.8, 4) is 5.75 Å². The van der Waals surface area contributed by atoms with Crippen LogP contribution in [0.4, 0.5) is 13.2 Å². The maximum atomic E-state index is 12.0. The quantitative estimate of drug-likeness (QED) is 0.606. The second-order valence-electron chi connectivity index (χ2n) is 2.79. The third kappa shape index (κ3) is 2.43. The van der Waals surface area contributed by atoms with Crippen molar-refractivity contribution in [3.05, 3.63) is 15.8 Å². The molecule has 0 amide bonds. The lowest BCUT2D eigenvalue weighted by molar-refractivity contribution is -0.0500. The Morgan fingerprint density at radius 3 is 2.20 bits per heavy atom. The summed E-state index contributed by atoms with van der Waals surface area (Å²) in [5.41, 5.74) is -5.03. The number of thiophene rings is 1. The lowest BCUT2D eigenvalue weighted by Crippen LogP contribution is -2.28. The molecule has 1 aromatic heterocycles. The van der Waals surface area contributed by atoms with Crippen LogP contribution in [0.1, 0.15) is 10.4 Å². The standard InChI is InChI=1S/C7H7F3O3S2/c1-4-3-14-5(2)6(4)13-15(11,12)7(8,9)10/h3H,1-2H3. The SMILES string of the molecule is Cc1csc(C)c1OS(=O)(=O)C(F)(F)F. The molecule has 0 saturated heterocycles. The minimum atomic E-state index is -5.56. The first kappa shape index (κ1) is 12.3. The number of aryl methyl sites for hydroxylation is 2. The van der Waals surface area contributed by atoms with Gasteiger partial charge in [0.2, 0.25) is 0 Å². The average molecular weight is 260 g/mol. The monoisotopic (exact) mass is 260 g/mol. The van der Waals surface area contributed by atoms with Crippen molar-refractivity contribution in [2.24, 2.45) is 0 Å². The van der Waals surface area contributed by atoms with Gasteiger partial charge in [-0.2, -0.15) is 21.6 Å². The van der Waals surface area contributed by atoms with Crippen LogP contribution in [0.15, 0.2) is 5.38 Å². The van der Waals surface area contributed by atoms with E-state index in [1.165, 1.54) is 19.2 Å². The largest absolute Gasteiger partial charge is 0.534 e. The molecule has 0 saturated carbocycles. The zero-order valence-electron chi connectivity index (χ0n) is 7.75. The molecule has 0 atom stereocenters. The molecule has 0 fully saturated rings. The fourth-order valence-corrected chi connectivity index (χ4v) is 2.24. The molecular weight excluding hydrogens is 253 g/mol. The summed E-state index contributed by atoms with van der Waals surface area (Å²) in [6.45, 7) is 2.96. The summed E-state index contributed by atoms with van der Waals surface area (Å²) in [7, 11) is -5.56. The van der Waals surface area contributed by atoms with Gasteiger partial charge in [0, 0.05) is 10.4 Å². The van der Waals surface area contributed by atoms with E-state index in [0.29, 0.717) is 10.4 Å². The molecule has 0 N–H and O–H groups in total. The third-order valence-electron chi connectivity index (χ3n) is 1.57. The number of halogens is 3. The minimum Gasteiger partial charge on any atom is -0.375 e. The van der Waals surface area contributed by atoms with E-state index in [9.17, 15) is 21.6 Å². The molecule has 1 heterocycles. The second-order valence-corrected chi connectivity index (χ2v) is 5.41. The van der Waals surface area contributed by atoms with E-state index in [1.54, 1.807) is 0 Å². The van der Waals surface area contributed by atoms with Gasteiger partial charge in [-0.15, -0.1) is 11.3 Å². The second kappa shape index (κ2) is 3.67. The minimum absolute atomic E-state index is 0.239. The molecule has 0 radical (unpaired) electrons. The highest BCUT2D eigenvalue weighted by molar-refractivity contribution is 7.88. The Morgan fingerprint density at radius 2 is 1.87 bits per heavy atom. The van der Waals surface area contributed by atoms with Gasteiger partial charge in [0.05, 0.1) is 0 Å². The molecule has 0 aliphatic heterocycles. The highest BCUT2D eigenvalue weighted by atomic mass is 32.2. The van der Waals surface area contributed by atoms with Crippen molar-refractivity contribution >= 4 is 21.5 Å². The number of hydrogen-bond donors (Lipinski definition) is 0. The molecule has 0 spiro atoms. The van der Waals surface area contributed by atoms with Crippen molar-refractivity contribution in [2.45, 2.75) is 19.4 Å². The lowest BCUT2D eigenvalue weighted by atomic mass is 10.3. The van der Waals surface area contributed by atoms with Crippen LogP contribution in [0.25, 0.3) is 0 Å². The van der Waals surface area contributed by atoms with Crippen LogP contribution < -0.4 is 4.18 Å². The zero-order valence-corrected chi connectivity index (χ0v) is 9.39. The van der Waals surface area contributed by atoms with Crippen LogP contribution in [0.2, 0.25) is 0 Å². The van der Waals surface area contributed by atoms with Crippen LogP contribution >= 0.6 is 11.3 Å². The van der Waals surface area contributed by atoms with E-state index >= 15 is 0 Å². The van der Waals surface area contributed by atoms with E-state index < -0.39 is 15.6 Å². The van der Waals surface area contributed by atoms with Gasteiger partial charge in [0.25, 0.3) is 0 Å². The average Bonchev–Trinajstić information content (AvgIpc) is 2.33. The van der Waals surface area contributed by atoms with Gasteiger partial charge in [-0.05, 0) is 19.2 Å². The van der Waals surface area contributed by atoms with Gasteiger partial charge >= 0.3 is 15.6 Å². The maximum absolute atomic E-state index is 12.0. The summed E-state index contributed by atoms with van der Waals surface area (Å²) in [5.74, 6) is -0.239. The highest BCUT2D eigenvalue weighted by Gasteiger charge is 2.49. The first-order valence-corrected chi connectivity index (χ1v) is 5.99. The molecule has 86 valence electrons. The zero-order chi connectivity index (χ0) is 11.9. The normalized spacial score (nSPS) is 12.9. The lowest BCUT2D eigenvalue weighted by Gasteiger charge is -2.09. The Morgan fingerprint density at radius 1 is 1.33 bits per heavy atom. The molecule has 1 aromatic rings. The Bertz CT molecular complexity index is 439. The Labute approximate surface area is 88.6 Å². The van der Waals surface area contributed by atoms with E-state index in [-0.39, 0.29) is 5.75 Å². The Balaban J connectivity index is 3.08. The first-order valence-electron chi connectivity index (χ1n) is 3.70. The van der Waals surface area contributed by atoms with Crippen molar-refractivity contribution in [2.75, 3.05) is 0 Å². The maximum Gasteiger partial charge on any atom is 0.534 e. The van der Waals surface area contributed by atoms with Crippen molar-refractivity contribution in [3.63, 3.8) is 0 Å². The summed E-state index contributed by atoms with van der Waals surface area (Å²) < 4.78 is 61.3. The fourth-order valence-electron chi connectivity index (χ4n) is 0.843. The predicted octanol–water partition coefficient (Wildman–Crippen LogP) is 2.59. The summed E-state index contributed by atoms with van der Waals surface area (Å²) in [5, 5.41) is 1.52. The summed E-state index contributed by atoms with van der Waals surface area (Å²) in [6, 6.07) is 0. The smallest absolute Gasteiger partial charge is 0.375 e. The van der Waals surface area contributed by atoms with E-state index in [0.717, 1.165) is 11.3 Å². The van der Waals surface area contributed by atoms with E-state index in [2.05, 4.69) is 4.18 Å². The molecule has 3 nitrogen and oxygen atoms in total. The van der Waals surface area contributed by atoms with Gasteiger partial charge in [-0.25, -0.2) is 0 Å². The van der Waals surface area contributed by atoms with E-state index in [4.69, 9.17) is 0 Å². The number of rotatable bonds is 2. The summed E-state index contributed by atoms with van der Waals surface area (Å²) in [4.78, 5) is 0.389. The molecule has 0 aliphatic carbocycles. The summed E-state index contributed by atoms with van der Waals surface area (Å²) >= 11 is 1.13. The van der Waals surface area contributed by atoms with Gasteiger partial charge in [-0.1, -0.05) is 0 Å². The van der Waals surface area contributed by atoms with Crippen molar-refractivity contribution in [1.29, 1.82) is 0 Å². The van der Waals surface area contributed by atoms with E-state index in [1.807, 2.05) is 0 Å². The molecule has 0 unspecified atom stereocenters. The van der Waals surface area contributed by atoms with Gasteiger partial charge in [0.1, 0.15) is 0 Å². The molecule has 0 aliphatic rings. The third-order valence-corrected chi connectivity index (χ3v) is 3.53. The predicted molar refractivity (Wildman–Crippen MR) is 49.4 cm³/mol. The molecule has 1 rings (SSSR count). The molecule has 0 bridgehead atoms. The van der Waals surface area contributed by atoms with Crippen LogP contribution in [0.5, 0.6) is 5.75 Å². The Kier molecular flexibility index (Phi) is 3.01. The summed E-state index contributed by atoms with van der Waals surface area (Å²) in [6.07, 6.45) is 0. The number of alkyl halides is 3. The van der Waals surface area contributed by atoms with Crippen molar-refractivity contribution < 1.29 is 25.8 Å². The topological polar surface area (TPSA) is 43.4 Å². The molecule has 8 heteroatoms. The van der Waals surface area contributed by atoms with Gasteiger partial charge < -0.3 is 4.18 Å². The fraction of sp³-hybridized carbons (Fsp3) is 0.429. The van der Waals surface area contributed by atoms with Crippen LogP contribution in [-0.2, 0) is 10.1 Å². The van der Waals surface area contributed by atoms with Gasteiger partial charge in [0.15, 0.2) is 5.75 Å².